The van der Waals surface area contributed by atoms with Crippen LogP contribution >= 0.6 is 11.6 Å². The summed E-state index contributed by atoms with van der Waals surface area (Å²) in [7, 11) is 0. The zero-order valence-electron chi connectivity index (χ0n) is 13.8. The summed E-state index contributed by atoms with van der Waals surface area (Å²) in [6.07, 6.45) is 4.86. The maximum absolute atomic E-state index is 12.4. The van der Waals surface area contributed by atoms with Crippen molar-refractivity contribution >= 4 is 23.4 Å². The summed E-state index contributed by atoms with van der Waals surface area (Å²) in [4.78, 5) is 23.8. The van der Waals surface area contributed by atoms with E-state index in [-0.39, 0.29) is 30.3 Å². The molecule has 1 aliphatic carbocycles. The van der Waals surface area contributed by atoms with E-state index in [2.05, 4.69) is 17.6 Å². The van der Waals surface area contributed by atoms with Gasteiger partial charge in [-0.1, -0.05) is 43.5 Å². The Bertz CT molecular complexity index is 544. The molecule has 0 aliphatic heterocycles. The minimum Gasteiger partial charge on any atom is -0.353 e. The Balaban J connectivity index is 2.00. The molecule has 0 radical (unpaired) electrons. The molecular weight excluding hydrogens is 312 g/mol. The number of rotatable bonds is 5. The Morgan fingerprint density at radius 2 is 1.87 bits per heavy atom. The van der Waals surface area contributed by atoms with Gasteiger partial charge in [0, 0.05) is 18.0 Å². The third-order valence-electron chi connectivity index (χ3n) is 4.50. The lowest BCUT2D eigenvalue weighted by Gasteiger charge is -2.30. The van der Waals surface area contributed by atoms with Gasteiger partial charge in [0.25, 0.3) is 0 Å². The Kier molecular flexibility index (Phi) is 6.46. The molecule has 1 aromatic carbocycles. The zero-order chi connectivity index (χ0) is 16.8. The van der Waals surface area contributed by atoms with Crippen LogP contribution in [-0.4, -0.2) is 17.9 Å². The standard InChI is InChI=1S/C18H25ClN2O2/c1-12-5-3-4-6-16(12)21-18(23)11-17(20-13(2)22)14-7-9-15(19)10-8-14/h7-10,12,16-17H,3-6,11H2,1-2H3,(H,20,22)(H,21,23)/t12-,16-,17-/m1/s1. The quantitative estimate of drug-likeness (QED) is 0.863. The smallest absolute Gasteiger partial charge is 0.222 e. The largest absolute Gasteiger partial charge is 0.353 e. The molecule has 0 spiro atoms. The Hall–Kier alpha value is -1.55. The SMILES string of the molecule is CC(=O)N[C@H](CC(=O)N[C@@H]1CCCC[C@H]1C)c1ccc(Cl)cc1. The molecule has 4 nitrogen and oxygen atoms in total. The maximum Gasteiger partial charge on any atom is 0.222 e. The van der Waals surface area contributed by atoms with Crippen molar-refractivity contribution in [1.29, 1.82) is 0 Å². The lowest BCUT2D eigenvalue weighted by atomic mass is 9.86. The van der Waals surface area contributed by atoms with Crippen molar-refractivity contribution in [3.8, 4) is 0 Å². The third kappa shape index (κ3) is 5.54. The van der Waals surface area contributed by atoms with Crippen molar-refractivity contribution in [3.05, 3.63) is 34.9 Å². The van der Waals surface area contributed by atoms with Crippen LogP contribution < -0.4 is 10.6 Å². The molecule has 0 unspecified atom stereocenters. The first-order valence-corrected chi connectivity index (χ1v) is 8.65. The van der Waals surface area contributed by atoms with Crippen molar-refractivity contribution in [3.63, 3.8) is 0 Å². The van der Waals surface area contributed by atoms with Gasteiger partial charge >= 0.3 is 0 Å². The molecule has 2 rings (SSSR count). The van der Waals surface area contributed by atoms with Gasteiger partial charge in [-0.15, -0.1) is 0 Å². The van der Waals surface area contributed by atoms with Crippen LogP contribution in [-0.2, 0) is 9.59 Å². The number of carbonyl (C=O) groups is 2. The van der Waals surface area contributed by atoms with Crippen LogP contribution in [0.2, 0.25) is 5.02 Å². The monoisotopic (exact) mass is 336 g/mol. The first kappa shape index (κ1) is 17.8. The summed E-state index contributed by atoms with van der Waals surface area (Å²) in [5.74, 6) is 0.351. The van der Waals surface area contributed by atoms with Gasteiger partial charge in [-0.25, -0.2) is 0 Å². The Labute approximate surface area is 143 Å². The van der Waals surface area contributed by atoms with Crippen molar-refractivity contribution < 1.29 is 9.59 Å². The average Bonchev–Trinajstić information content (AvgIpc) is 2.49. The molecule has 5 heteroatoms. The second-order valence-electron chi connectivity index (χ2n) is 6.44. The topological polar surface area (TPSA) is 58.2 Å². The van der Waals surface area contributed by atoms with Crippen LogP contribution in [0.4, 0.5) is 0 Å². The van der Waals surface area contributed by atoms with E-state index in [0.717, 1.165) is 18.4 Å². The second-order valence-corrected chi connectivity index (χ2v) is 6.88. The highest BCUT2D eigenvalue weighted by atomic mass is 35.5. The normalized spacial score (nSPS) is 22.2. The number of carbonyl (C=O) groups excluding carboxylic acids is 2. The highest BCUT2D eigenvalue weighted by Gasteiger charge is 2.24. The molecule has 0 aromatic heterocycles. The van der Waals surface area contributed by atoms with E-state index in [1.165, 1.54) is 19.8 Å². The summed E-state index contributed by atoms with van der Waals surface area (Å²) >= 11 is 5.91. The summed E-state index contributed by atoms with van der Waals surface area (Å²) in [5, 5.41) is 6.62. The summed E-state index contributed by atoms with van der Waals surface area (Å²) in [6, 6.07) is 7.15. The molecule has 0 heterocycles. The molecule has 1 fully saturated rings. The predicted octanol–water partition coefficient (Wildman–Crippen LogP) is 3.60. The third-order valence-corrected chi connectivity index (χ3v) is 4.75. The molecule has 0 bridgehead atoms. The van der Waals surface area contributed by atoms with E-state index in [0.29, 0.717) is 10.9 Å². The van der Waals surface area contributed by atoms with E-state index in [9.17, 15) is 9.59 Å². The molecule has 1 aliphatic rings. The summed E-state index contributed by atoms with van der Waals surface area (Å²) in [6.45, 7) is 3.65. The minimum absolute atomic E-state index is 0.0163. The van der Waals surface area contributed by atoms with Gasteiger partial charge in [-0.2, -0.15) is 0 Å². The van der Waals surface area contributed by atoms with E-state index in [4.69, 9.17) is 11.6 Å². The van der Waals surface area contributed by atoms with Crippen molar-refractivity contribution in [2.45, 2.75) is 58.0 Å². The highest BCUT2D eigenvalue weighted by molar-refractivity contribution is 6.30. The molecular formula is C18H25ClN2O2. The van der Waals surface area contributed by atoms with Gasteiger partial charge in [-0.3, -0.25) is 9.59 Å². The van der Waals surface area contributed by atoms with Gasteiger partial charge in [0.1, 0.15) is 0 Å². The van der Waals surface area contributed by atoms with Crippen molar-refractivity contribution in [2.75, 3.05) is 0 Å². The number of hydrogen-bond acceptors (Lipinski definition) is 2. The number of hydrogen-bond donors (Lipinski definition) is 2. The molecule has 23 heavy (non-hydrogen) atoms. The average molecular weight is 337 g/mol. The van der Waals surface area contributed by atoms with Gasteiger partial charge in [-0.05, 0) is 36.5 Å². The lowest BCUT2D eigenvalue weighted by molar-refractivity contribution is -0.123. The number of benzene rings is 1. The highest BCUT2D eigenvalue weighted by Crippen LogP contribution is 2.25. The number of amides is 2. The zero-order valence-corrected chi connectivity index (χ0v) is 14.5. The fourth-order valence-corrected chi connectivity index (χ4v) is 3.30. The van der Waals surface area contributed by atoms with E-state index < -0.39 is 0 Å². The number of nitrogens with one attached hydrogen (secondary N) is 2. The minimum atomic E-state index is -0.330. The molecule has 3 atom stereocenters. The molecule has 1 saturated carbocycles. The second kappa shape index (κ2) is 8.34. The summed E-state index contributed by atoms with van der Waals surface area (Å²) < 4.78 is 0. The van der Waals surface area contributed by atoms with Gasteiger partial charge in [0.2, 0.25) is 11.8 Å². The molecule has 1 aromatic rings. The predicted molar refractivity (Wildman–Crippen MR) is 92.2 cm³/mol. The van der Waals surface area contributed by atoms with Gasteiger partial charge in [0.05, 0.1) is 12.5 Å². The van der Waals surface area contributed by atoms with Gasteiger partial charge in [0.15, 0.2) is 0 Å². The Morgan fingerprint density at radius 1 is 1.22 bits per heavy atom. The van der Waals surface area contributed by atoms with Crippen molar-refractivity contribution in [2.24, 2.45) is 5.92 Å². The molecule has 0 saturated heterocycles. The number of halogens is 1. The molecule has 2 N–H and O–H groups in total. The lowest BCUT2D eigenvalue weighted by Crippen LogP contribution is -2.42. The van der Waals surface area contributed by atoms with E-state index in [1.807, 2.05) is 12.1 Å². The first-order valence-electron chi connectivity index (χ1n) is 8.27. The van der Waals surface area contributed by atoms with Crippen LogP contribution in [0.3, 0.4) is 0 Å². The van der Waals surface area contributed by atoms with Crippen LogP contribution in [0.15, 0.2) is 24.3 Å². The Morgan fingerprint density at radius 3 is 2.48 bits per heavy atom. The van der Waals surface area contributed by atoms with Crippen molar-refractivity contribution in [1.82, 2.24) is 10.6 Å². The fourth-order valence-electron chi connectivity index (χ4n) is 3.17. The molecule has 2 amide bonds. The van der Waals surface area contributed by atoms with Crippen LogP contribution in [0.1, 0.15) is 57.6 Å². The van der Waals surface area contributed by atoms with Gasteiger partial charge < -0.3 is 10.6 Å². The van der Waals surface area contributed by atoms with Crippen LogP contribution in [0, 0.1) is 5.92 Å². The fraction of sp³-hybridized carbons (Fsp3) is 0.556. The van der Waals surface area contributed by atoms with E-state index >= 15 is 0 Å². The maximum atomic E-state index is 12.4. The summed E-state index contributed by atoms with van der Waals surface area (Å²) in [5.41, 5.74) is 0.886. The molecule has 126 valence electrons. The first-order chi connectivity index (χ1) is 11.0. The van der Waals surface area contributed by atoms with Crippen LogP contribution in [0.25, 0.3) is 0 Å². The van der Waals surface area contributed by atoms with Crippen LogP contribution in [0.5, 0.6) is 0 Å². The van der Waals surface area contributed by atoms with E-state index in [1.54, 1.807) is 12.1 Å².